The summed E-state index contributed by atoms with van der Waals surface area (Å²) in [7, 11) is 0. The van der Waals surface area contributed by atoms with Crippen LogP contribution in [0.25, 0.3) is 11.3 Å². The molecule has 0 aliphatic carbocycles. The summed E-state index contributed by atoms with van der Waals surface area (Å²) in [5, 5.41) is 0. The number of nitrogens with one attached hydrogen (secondary N) is 1. The van der Waals surface area contributed by atoms with Crippen LogP contribution < -0.4 is 0 Å². The molecule has 1 heterocycles. The fourth-order valence-corrected chi connectivity index (χ4v) is 1.98. The second-order valence-electron chi connectivity index (χ2n) is 3.93. The van der Waals surface area contributed by atoms with E-state index in [1.165, 1.54) is 24.3 Å². The summed E-state index contributed by atoms with van der Waals surface area (Å²) in [6, 6.07) is 5.23. The molecule has 0 saturated heterocycles. The zero-order valence-electron chi connectivity index (χ0n) is 9.84. The molecule has 0 spiro atoms. The summed E-state index contributed by atoms with van der Waals surface area (Å²) < 4.78 is 27.7. The monoisotopic (exact) mass is 266 g/mol. The third kappa shape index (κ3) is 2.61. The fraction of sp³-hybridized carbons (Fsp3) is 0.231. The van der Waals surface area contributed by atoms with Gasteiger partial charge in [0.25, 0.3) is 0 Å². The molecule has 2 rings (SSSR count). The van der Waals surface area contributed by atoms with Crippen molar-refractivity contribution < 1.29 is 8.78 Å². The van der Waals surface area contributed by atoms with E-state index in [2.05, 4.69) is 9.97 Å². The van der Waals surface area contributed by atoms with Gasteiger partial charge in [0.2, 0.25) is 0 Å². The molecular formula is C13H12F2N2S. The number of aromatic amines is 1. The summed E-state index contributed by atoms with van der Waals surface area (Å²) in [5.41, 5.74) is 0.234. The molecule has 2 nitrogen and oxygen atoms in total. The van der Waals surface area contributed by atoms with Crippen molar-refractivity contribution in [2.75, 3.05) is 0 Å². The minimum absolute atomic E-state index is 0.0941. The molecule has 0 bridgehead atoms. The van der Waals surface area contributed by atoms with E-state index in [9.17, 15) is 8.78 Å². The molecule has 0 radical (unpaired) electrons. The van der Waals surface area contributed by atoms with Gasteiger partial charge in [-0.25, -0.2) is 13.8 Å². The van der Waals surface area contributed by atoms with Crippen LogP contribution in [0.5, 0.6) is 0 Å². The standard InChI is InChI=1S/C13H12F2N2S/c1-2-4-11-16-10(7-12(18)17-11)13-8(14)5-3-6-9(13)15/h3,5-7H,2,4H2,1H3,(H,16,17,18). The van der Waals surface area contributed by atoms with Crippen LogP contribution in [-0.2, 0) is 6.42 Å². The van der Waals surface area contributed by atoms with Crippen LogP contribution in [0.1, 0.15) is 19.2 Å². The summed E-state index contributed by atoms with van der Waals surface area (Å²) >= 11 is 5.01. The van der Waals surface area contributed by atoms with Crippen molar-refractivity contribution in [2.24, 2.45) is 0 Å². The first-order chi connectivity index (χ1) is 8.61. The minimum Gasteiger partial charge on any atom is -0.343 e. The lowest BCUT2D eigenvalue weighted by atomic mass is 10.1. The van der Waals surface area contributed by atoms with Gasteiger partial charge in [0, 0.05) is 6.42 Å². The molecule has 2 aromatic rings. The van der Waals surface area contributed by atoms with Crippen LogP contribution in [0.2, 0.25) is 0 Å². The van der Waals surface area contributed by atoms with Gasteiger partial charge in [-0.3, -0.25) is 0 Å². The maximum atomic E-state index is 13.7. The van der Waals surface area contributed by atoms with Gasteiger partial charge in [0.15, 0.2) is 0 Å². The minimum atomic E-state index is -0.616. The van der Waals surface area contributed by atoms with E-state index >= 15 is 0 Å². The highest BCUT2D eigenvalue weighted by Gasteiger charge is 2.12. The van der Waals surface area contributed by atoms with E-state index < -0.39 is 11.6 Å². The Labute approximate surface area is 109 Å². The number of H-pyrrole nitrogens is 1. The van der Waals surface area contributed by atoms with Gasteiger partial charge < -0.3 is 4.98 Å². The third-order valence-electron chi connectivity index (χ3n) is 2.51. The maximum absolute atomic E-state index is 13.7. The molecule has 0 saturated carbocycles. The molecule has 1 N–H and O–H groups in total. The normalized spacial score (nSPS) is 10.6. The number of nitrogens with zero attached hydrogens (tertiary/aromatic N) is 1. The average Bonchev–Trinajstić information content (AvgIpc) is 2.28. The summed E-state index contributed by atoms with van der Waals surface area (Å²) in [6.07, 6.45) is 1.56. The third-order valence-corrected chi connectivity index (χ3v) is 2.72. The molecule has 94 valence electrons. The Morgan fingerprint density at radius 1 is 1.28 bits per heavy atom. The number of halogens is 2. The van der Waals surface area contributed by atoms with Crippen molar-refractivity contribution in [3.63, 3.8) is 0 Å². The Hall–Kier alpha value is -1.62. The van der Waals surface area contributed by atoms with Gasteiger partial charge in [0.05, 0.1) is 11.3 Å². The van der Waals surface area contributed by atoms with Crippen LogP contribution in [0.4, 0.5) is 8.78 Å². The number of rotatable bonds is 3. The summed E-state index contributed by atoms with van der Waals surface area (Å²) in [5.74, 6) is -0.591. The Bertz CT molecular complexity index is 602. The zero-order chi connectivity index (χ0) is 13.1. The van der Waals surface area contributed by atoms with E-state index in [4.69, 9.17) is 12.2 Å². The first kappa shape index (κ1) is 12.8. The Balaban J connectivity index is 2.60. The van der Waals surface area contributed by atoms with Crippen molar-refractivity contribution in [3.05, 3.63) is 46.4 Å². The summed E-state index contributed by atoms with van der Waals surface area (Å²) in [4.78, 5) is 7.05. The molecule has 5 heteroatoms. The Morgan fingerprint density at radius 3 is 2.56 bits per heavy atom. The predicted molar refractivity (Wildman–Crippen MR) is 68.8 cm³/mol. The van der Waals surface area contributed by atoms with E-state index in [0.29, 0.717) is 22.6 Å². The lowest BCUT2D eigenvalue weighted by molar-refractivity contribution is 0.588. The quantitative estimate of drug-likeness (QED) is 0.849. The molecule has 1 aromatic heterocycles. The summed E-state index contributed by atoms with van der Waals surface area (Å²) in [6.45, 7) is 1.99. The van der Waals surface area contributed by atoms with Gasteiger partial charge in [-0.15, -0.1) is 0 Å². The number of benzene rings is 1. The molecule has 0 atom stereocenters. The molecule has 0 aliphatic heterocycles. The average molecular weight is 266 g/mol. The van der Waals surface area contributed by atoms with Gasteiger partial charge in [-0.2, -0.15) is 0 Å². The number of aromatic nitrogens is 2. The molecule has 0 aliphatic rings. The van der Waals surface area contributed by atoms with Gasteiger partial charge in [-0.1, -0.05) is 25.2 Å². The van der Waals surface area contributed by atoms with Crippen molar-refractivity contribution in [1.29, 1.82) is 0 Å². The van der Waals surface area contributed by atoms with Crippen molar-refractivity contribution in [1.82, 2.24) is 9.97 Å². The van der Waals surface area contributed by atoms with Crippen LogP contribution in [0.3, 0.4) is 0 Å². The molecule has 18 heavy (non-hydrogen) atoms. The topological polar surface area (TPSA) is 28.7 Å². The second kappa shape index (κ2) is 5.35. The smallest absolute Gasteiger partial charge is 0.135 e. The van der Waals surface area contributed by atoms with E-state index in [-0.39, 0.29) is 5.56 Å². The van der Waals surface area contributed by atoms with E-state index in [1.807, 2.05) is 6.92 Å². The van der Waals surface area contributed by atoms with Crippen molar-refractivity contribution in [3.8, 4) is 11.3 Å². The van der Waals surface area contributed by atoms with Crippen LogP contribution in [-0.4, -0.2) is 9.97 Å². The van der Waals surface area contributed by atoms with Gasteiger partial charge >= 0.3 is 0 Å². The van der Waals surface area contributed by atoms with Gasteiger partial charge in [-0.05, 0) is 24.6 Å². The highest BCUT2D eigenvalue weighted by molar-refractivity contribution is 7.71. The first-order valence-corrected chi connectivity index (χ1v) is 6.07. The number of aryl methyl sites for hydroxylation is 1. The predicted octanol–water partition coefficient (Wildman–Crippen LogP) is 4.04. The van der Waals surface area contributed by atoms with Crippen LogP contribution in [0.15, 0.2) is 24.3 Å². The molecule has 0 unspecified atom stereocenters. The fourth-order valence-electron chi connectivity index (χ4n) is 1.75. The lowest BCUT2D eigenvalue weighted by Crippen LogP contribution is -1.99. The van der Waals surface area contributed by atoms with Crippen molar-refractivity contribution in [2.45, 2.75) is 19.8 Å². The molecular weight excluding hydrogens is 254 g/mol. The van der Waals surface area contributed by atoms with E-state index in [0.717, 1.165) is 6.42 Å². The second-order valence-corrected chi connectivity index (χ2v) is 4.34. The zero-order valence-corrected chi connectivity index (χ0v) is 10.7. The molecule has 0 fully saturated rings. The van der Waals surface area contributed by atoms with Gasteiger partial charge in [0.1, 0.15) is 22.1 Å². The van der Waals surface area contributed by atoms with Crippen LogP contribution >= 0.6 is 12.2 Å². The molecule has 0 amide bonds. The maximum Gasteiger partial charge on any atom is 0.135 e. The largest absolute Gasteiger partial charge is 0.343 e. The Morgan fingerprint density at radius 2 is 1.94 bits per heavy atom. The van der Waals surface area contributed by atoms with Crippen molar-refractivity contribution >= 4 is 12.2 Å². The van der Waals surface area contributed by atoms with Crippen LogP contribution in [0, 0.1) is 16.3 Å². The Kier molecular flexibility index (Phi) is 3.81. The SMILES string of the molecule is CCCc1nc(=S)cc(-c2c(F)cccc2F)[nH]1. The van der Waals surface area contributed by atoms with E-state index in [1.54, 1.807) is 0 Å². The number of hydrogen-bond donors (Lipinski definition) is 1. The number of hydrogen-bond acceptors (Lipinski definition) is 2. The first-order valence-electron chi connectivity index (χ1n) is 5.66. The lowest BCUT2D eigenvalue weighted by Gasteiger charge is -2.07. The molecule has 1 aromatic carbocycles. The highest BCUT2D eigenvalue weighted by Crippen LogP contribution is 2.24. The highest BCUT2D eigenvalue weighted by atomic mass is 32.1.